The standard InChI is InChI=1S/C30H36N6O/c1-2-16-31-28-25-22-26(32-29(25)34-27(33-28)24-14-7-4-8-15-24)30(37)36-20-18-35(19-21-36)17-10-9-13-23-11-5-3-6-12-23/h3-8,11-12,14-15,22H,2,9-10,13,16-21H2,1H3,(H2,31,32,33,34). The Morgan fingerprint density at radius 1 is 0.946 bits per heavy atom. The molecule has 0 bridgehead atoms. The van der Waals surface area contributed by atoms with Gasteiger partial charge in [0, 0.05) is 38.3 Å². The van der Waals surface area contributed by atoms with Crippen molar-refractivity contribution in [3.63, 3.8) is 0 Å². The Kier molecular flexibility index (Phi) is 8.11. The third-order valence-corrected chi connectivity index (χ3v) is 6.98. The molecule has 4 aromatic rings. The molecule has 0 saturated carbocycles. The minimum absolute atomic E-state index is 0.0319. The van der Waals surface area contributed by atoms with Gasteiger partial charge in [0.15, 0.2) is 5.82 Å². The number of benzene rings is 2. The van der Waals surface area contributed by atoms with Gasteiger partial charge in [-0.05, 0) is 43.9 Å². The highest BCUT2D eigenvalue weighted by Crippen LogP contribution is 2.26. The average molecular weight is 497 g/mol. The highest BCUT2D eigenvalue weighted by Gasteiger charge is 2.24. The van der Waals surface area contributed by atoms with Crippen LogP contribution in [-0.4, -0.2) is 69.9 Å². The predicted molar refractivity (Wildman–Crippen MR) is 150 cm³/mol. The molecule has 1 aliphatic rings. The zero-order valence-corrected chi connectivity index (χ0v) is 21.6. The second kappa shape index (κ2) is 12.0. The molecule has 0 spiro atoms. The highest BCUT2D eigenvalue weighted by atomic mass is 16.2. The van der Waals surface area contributed by atoms with Gasteiger partial charge in [0.2, 0.25) is 0 Å². The number of carbonyl (C=O) groups excluding carboxylic acids is 1. The molecule has 37 heavy (non-hydrogen) atoms. The third kappa shape index (κ3) is 6.17. The molecule has 1 aliphatic heterocycles. The maximum atomic E-state index is 13.4. The van der Waals surface area contributed by atoms with Gasteiger partial charge in [-0.25, -0.2) is 9.97 Å². The first-order chi connectivity index (χ1) is 18.2. The zero-order chi connectivity index (χ0) is 25.5. The lowest BCUT2D eigenvalue weighted by Gasteiger charge is -2.34. The largest absolute Gasteiger partial charge is 0.369 e. The lowest BCUT2D eigenvalue weighted by atomic mass is 10.1. The van der Waals surface area contributed by atoms with E-state index < -0.39 is 0 Å². The van der Waals surface area contributed by atoms with E-state index >= 15 is 0 Å². The van der Waals surface area contributed by atoms with Crippen LogP contribution >= 0.6 is 0 Å². The predicted octanol–water partition coefficient (Wildman–Crippen LogP) is 5.23. The van der Waals surface area contributed by atoms with Gasteiger partial charge in [0.25, 0.3) is 5.91 Å². The summed E-state index contributed by atoms with van der Waals surface area (Å²) in [6.07, 6.45) is 4.49. The van der Waals surface area contributed by atoms with Gasteiger partial charge in [0.1, 0.15) is 17.2 Å². The number of hydrogen-bond acceptors (Lipinski definition) is 5. The molecule has 1 saturated heterocycles. The number of H-pyrrole nitrogens is 1. The minimum Gasteiger partial charge on any atom is -0.369 e. The van der Waals surface area contributed by atoms with Crippen molar-refractivity contribution in [1.82, 2.24) is 24.8 Å². The van der Waals surface area contributed by atoms with Gasteiger partial charge in [-0.3, -0.25) is 9.69 Å². The number of piperazine rings is 1. The van der Waals surface area contributed by atoms with Gasteiger partial charge >= 0.3 is 0 Å². The van der Waals surface area contributed by atoms with Crippen molar-refractivity contribution in [3.8, 4) is 11.4 Å². The van der Waals surface area contributed by atoms with Crippen molar-refractivity contribution in [2.24, 2.45) is 0 Å². The molecule has 0 atom stereocenters. The number of anilines is 1. The monoisotopic (exact) mass is 496 g/mol. The molecular formula is C30H36N6O. The topological polar surface area (TPSA) is 77.1 Å². The number of nitrogens with one attached hydrogen (secondary N) is 2. The van der Waals surface area contributed by atoms with Gasteiger partial charge in [-0.1, -0.05) is 67.6 Å². The zero-order valence-electron chi connectivity index (χ0n) is 21.6. The number of amides is 1. The second-order valence-electron chi connectivity index (χ2n) is 9.71. The summed E-state index contributed by atoms with van der Waals surface area (Å²) < 4.78 is 0. The fourth-order valence-corrected chi connectivity index (χ4v) is 4.87. The highest BCUT2D eigenvalue weighted by molar-refractivity contribution is 6.00. The SMILES string of the molecule is CCCNc1nc(-c2ccccc2)nc2[nH]c(C(=O)N3CCN(CCCCc4ccccc4)CC3)cc12. The van der Waals surface area contributed by atoms with Crippen LogP contribution in [0.1, 0.15) is 42.2 Å². The van der Waals surface area contributed by atoms with Gasteiger partial charge in [-0.15, -0.1) is 0 Å². The van der Waals surface area contributed by atoms with Crippen LogP contribution in [-0.2, 0) is 6.42 Å². The molecule has 7 nitrogen and oxygen atoms in total. The van der Waals surface area contributed by atoms with Crippen molar-refractivity contribution < 1.29 is 4.79 Å². The van der Waals surface area contributed by atoms with Gasteiger partial charge in [-0.2, -0.15) is 0 Å². The third-order valence-electron chi connectivity index (χ3n) is 6.98. The van der Waals surface area contributed by atoms with Crippen molar-refractivity contribution in [3.05, 3.63) is 78.0 Å². The van der Waals surface area contributed by atoms with Crippen LogP contribution in [0.25, 0.3) is 22.4 Å². The van der Waals surface area contributed by atoms with E-state index in [0.29, 0.717) is 17.2 Å². The molecule has 1 fully saturated rings. The first-order valence-electron chi connectivity index (χ1n) is 13.5. The number of aryl methyl sites for hydroxylation is 1. The smallest absolute Gasteiger partial charge is 0.270 e. The van der Waals surface area contributed by atoms with Crippen LogP contribution in [0, 0.1) is 0 Å². The summed E-state index contributed by atoms with van der Waals surface area (Å²) in [5, 5.41) is 4.27. The summed E-state index contributed by atoms with van der Waals surface area (Å²) in [6, 6.07) is 22.5. The molecular weight excluding hydrogens is 460 g/mol. The number of carbonyl (C=O) groups is 1. The maximum absolute atomic E-state index is 13.4. The molecule has 2 N–H and O–H groups in total. The fraction of sp³-hybridized carbons (Fsp3) is 0.367. The molecule has 5 rings (SSSR count). The molecule has 192 valence electrons. The number of nitrogens with zero attached hydrogens (tertiary/aromatic N) is 4. The molecule has 2 aromatic heterocycles. The number of unbranched alkanes of at least 4 members (excludes halogenated alkanes) is 1. The van der Waals surface area contributed by atoms with E-state index in [1.54, 1.807) is 0 Å². The second-order valence-corrected chi connectivity index (χ2v) is 9.71. The van der Waals surface area contributed by atoms with Crippen LogP contribution in [0.3, 0.4) is 0 Å². The van der Waals surface area contributed by atoms with E-state index in [1.165, 1.54) is 18.4 Å². The Balaban J connectivity index is 1.21. The average Bonchev–Trinajstić information content (AvgIpc) is 3.39. The molecule has 0 aliphatic carbocycles. The van der Waals surface area contributed by atoms with Crippen molar-refractivity contribution in [2.75, 3.05) is 44.6 Å². The maximum Gasteiger partial charge on any atom is 0.270 e. The Hall–Kier alpha value is -3.71. The molecule has 3 heterocycles. The lowest BCUT2D eigenvalue weighted by molar-refractivity contribution is 0.0630. The van der Waals surface area contributed by atoms with Gasteiger partial charge < -0.3 is 15.2 Å². The Labute approximate surface area is 218 Å². The first-order valence-corrected chi connectivity index (χ1v) is 13.5. The van der Waals surface area contributed by atoms with E-state index in [4.69, 9.17) is 9.97 Å². The Morgan fingerprint density at radius 3 is 2.41 bits per heavy atom. The summed E-state index contributed by atoms with van der Waals surface area (Å²) in [6.45, 7) is 7.34. The van der Waals surface area contributed by atoms with Crippen LogP contribution in [0.4, 0.5) is 5.82 Å². The number of hydrogen-bond donors (Lipinski definition) is 2. The molecule has 0 radical (unpaired) electrons. The first kappa shape index (κ1) is 25.0. The normalized spacial score (nSPS) is 14.2. The van der Waals surface area contributed by atoms with Crippen molar-refractivity contribution in [2.45, 2.75) is 32.6 Å². The summed E-state index contributed by atoms with van der Waals surface area (Å²) in [5.74, 6) is 1.44. The van der Waals surface area contributed by atoms with Crippen LogP contribution < -0.4 is 5.32 Å². The summed E-state index contributed by atoms with van der Waals surface area (Å²) in [7, 11) is 0. The number of aromatic amines is 1. The van der Waals surface area contributed by atoms with Crippen LogP contribution in [0.15, 0.2) is 66.7 Å². The van der Waals surface area contributed by atoms with Crippen LogP contribution in [0.5, 0.6) is 0 Å². The summed E-state index contributed by atoms with van der Waals surface area (Å²) >= 11 is 0. The van der Waals surface area contributed by atoms with E-state index in [9.17, 15) is 4.79 Å². The molecule has 7 heteroatoms. The molecule has 2 aromatic carbocycles. The van der Waals surface area contributed by atoms with E-state index in [0.717, 1.165) is 68.9 Å². The Bertz CT molecular complexity index is 1300. The van der Waals surface area contributed by atoms with Gasteiger partial charge in [0.05, 0.1) is 5.39 Å². The number of aromatic nitrogens is 3. The fourth-order valence-electron chi connectivity index (χ4n) is 4.87. The van der Waals surface area contributed by atoms with E-state index in [2.05, 4.69) is 52.5 Å². The lowest BCUT2D eigenvalue weighted by Crippen LogP contribution is -2.48. The summed E-state index contributed by atoms with van der Waals surface area (Å²) in [4.78, 5) is 30.6. The number of fused-ring (bicyclic) bond motifs is 1. The quantitative estimate of drug-likeness (QED) is 0.294. The summed E-state index contributed by atoms with van der Waals surface area (Å²) in [5.41, 5.74) is 3.62. The van der Waals surface area contributed by atoms with Crippen LogP contribution in [0.2, 0.25) is 0 Å². The van der Waals surface area contributed by atoms with Crippen molar-refractivity contribution in [1.29, 1.82) is 0 Å². The Morgan fingerprint density at radius 2 is 1.68 bits per heavy atom. The molecule has 0 unspecified atom stereocenters. The minimum atomic E-state index is 0.0319. The van der Waals surface area contributed by atoms with E-state index in [1.807, 2.05) is 41.3 Å². The van der Waals surface area contributed by atoms with E-state index in [-0.39, 0.29) is 5.91 Å². The number of rotatable bonds is 10. The van der Waals surface area contributed by atoms with Crippen molar-refractivity contribution >= 4 is 22.8 Å². The molecule has 1 amide bonds.